The van der Waals surface area contributed by atoms with Gasteiger partial charge in [0.15, 0.2) is 0 Å². The lowest BCUT2D eigenvalue weighted by Gasteiger charge is -2.34. The molecule has 1 aliphatic heterocycles. The van der Waals surface area contributed by atoms with Gasteiger partial charge in [-0.25, -0.2) is 8.42 Å². The molecule has 1 atom stereocenters. The monoisotopic (exact) mass is 400 g/mol. The van der Waals surface area contributed by atoms with Crippen molar-refractivity contribution in [1.82, 2.24) is 4.31 Å². The van der Waals surface area contributed by atoms with Gasteiger partial charge < -0.3 is 4.90 Å². The summed E-state index contributed by atoms with van der Waals surface area (Å²) in [5, 5.41) is 0. The highest BCUT2D eigenvalue weighted by Gasteiger charge is 2.35. The van der Waals surface area contributed by atoms with Crippen LogP contribution in [0.25, 0.3) is 0 Å². The molecular formula is C22H28N2O3S. The Balaban J connectivity index is 1.79. The fraction of sp³-hybridized carbons (Fsp3) is 0.409. The number of sulfonamides is 1. The smallest absolute Gasteiger partial charge is 0.243 e. The molecule has 150 valence electrons. The molecule has 1 saturated heterocycles. The number of benzene rings is 2. The van der Waals surface area contributed by atoms with Crippen LogP contribution in [0.15, 0.2) is 65.6 Å². The maximum atomic E-state index is 13.3. The largest absolute Gasteiger partial charge is 0.312 e. The van der Waals surface area contributed by atoms with E-state index in [-0.39, 0.29) is 23.3 Å². The Bertz CT molecular complexity index is 869. The number of para-hydroxylation sites is 1. The van der Waals surface area contributed by atoms with Crippen LogP contribution < -0.4 is 4.90 Å². The second-order valence-electron chi connectivity index (χ2n) is 7.19. The molecule has 3 rings (SSSR count). The summed E-state index contributed by atoms with van der Waals surface area (Å²) in [7, 11) is -3.57. The maximum Gasteiger partial charge on any atom is 0.243 e. The average molecular weight is 401 g/mol. The third-order valence-corrected chi connectivity index (χ3v) is 7.06. The quantitative estimate of drug-likeness (QED) is 0.708. The second-order valence-corrected chi connectivity index (χ2v) is 9.13. The van der Waals surface area contributed by atoms with Crippen LogP contribution in [0.5, 0.6) is 0 Å². The van der Waals surface area contributed by atoms with Crippen LogP contribution in [0.2, 0.25) is 0 Å². The van der Waals surface area contributed by atoms with E-state index in [9.17, 15) is 13.2 Å². The van der Waals surface area contributed by atoms with Crippen molar-refractivity contribution in [3.63, 3.8) is 0 Å². The molecule has 0 aromatic heterocycles. The summed E-state index contributed by atoms with van der Waals surface area (Å²) in [4.78, 5) is 15.4. The summed E-state index contributed by atoms with van der Waals surface area (Å²) in [5.74, 6) is -0.295. The van der Waals surface area contributed by atoms with Gasteiger partial charge in [0.05, 0.1) is 10.8 Å². The van der Waals surface area contributed by atoms with E-state index in [0.717, 1.165) is 24.9 Å². The van der Waals surface area contributed by atoms with E-state index >= 15 is 0 Å². The number of hydrogen-bond acceptors (Lipinski definition) is 3. The van der Waals surface area contributed by atoms with Crippen LogP contribution in [0, 0.1) is 5.92 Å². The fourth-order valence-corrected chi connectivity index (χ4v) is 5.16. The molecule has 0 radical (unpaired) electrons. The Hall–Kier alpha value is -2.18. The van der Waals surface area contributed by atoms with Gasteiger partial charge in [0.2, 0.25) is 15.9 Å². The summed E-state index contributed by atoms with van der Waals surface area (Å²) in [5.41, 5.74) is 0.879. The average Bonchev–Trinajstić information content (AvgIpc) is 2.75. The Morgan fingerprint density at radius 2 is 1.71 bits per heavy atom. The lowest BCUT2D eigenvalue weighted by atomic mass is 9.97. The summed E-state index contributed by atoms with van der Waals surface area (Å²) in [6.45, 7) is 3.45. The van der Waals surface area contributed by atoms with E-state index in [4.69, 9.17) is 0 Å². The van der Waals surface area contributed by atoms with E-state index < -0.39 is 10.0 Å². The van der Waals surface area contributed by atoms with Gasteiger partial charge in [-0.3, -0.25) is 4.79 Å². The maximum absolute atomic E-state index is 13.3. The minimum atomic E-state index is -3.57. The van der Waals surface area contributed by atoms with Crippen LogP contribution in [-0.4, -0.2) is 38.3 Å². The molecule has 0 N–H and O–H groups in total. The molecule has 1 amide bonds. The van der Waals surface area contributed by atoms with Crippen molar-refractivity contribution in [1.29, 1.82) is 0 Å². The fourth-order valence-electron chi connectivity index (χ4n) is 3.61. The molecule has 0 bridgehead atoms. The zero-order valence-corrected chi connectivity index (χ0v) is 17.1. The van der Waals surface area contributed by atoms with Crippen LogP contribution in [0.1, 0.15) is 32.6 Å². The van der Waals surface area contributed by atoms with Gasteiger partial charge in [-0.15, -0.1) is 0 Å². The van der Waals surface area contributed by atoms with Gasteiger partial charge >= 0.3 is 0 Å². The molecule has 5 nitrogen and oxygen atoms in total. The number of carbonyl (C=O) groups is 1. The molecule has 1 aliphatic rings. The van der Waals surface area contributed by atoms with Crippen molar-refractivity contribution in [2.24, 2.45) is 5.92 Å². The van der Waals surface area contributed by atoms with Crippen molar-refractivity contribution in [2.75, 3.05) is 24.5 Å². The number of piperidine rings is 1. The van der Waals surface area contributed by atoms with Crippen molar-refractivity contribution in [3.8, 4) is 0 Å². The summed E-state index contributed by atoms with van der Waals surface area (Å²) >= 11 is 0. The first-order valence-electron chi connectivity index (χ1n) is 9.95. The zero-order valence-electron chi connectivity index (χ0n) is 16.3. The van der Waals surface area contributed by atoms with Crippen molar-refractivity contribution in [2.45, 2.75) is 37.5 Å². The van der Waals surface area contributed by atoms with Gasteiger partial charge in [0.1, 0.15) is 0 Å². The first kappa shape index (κ1) is 20.6. The van der Waals surface area contributed by atoms with Gasteiger partial charge in [-0.05, 0) is 43.5 Å². The molecule has 0 aliphatic carbocycles. The first-order valence-corrected chi connectivity index (χ1v) is 11.4. The third-order valence-electron chi connectivity index (χ3n) is 5.18. The molecule has 2 aromatic carbocycles. The lowest BCUT2D eigenvalue weighted by Crippen LogP contribution is -2.47. The van der Waals surface area contributed by atoms with Gasteiger partial charge in [-0.1, -0.05) is 49.7 Å². The topological polar surface area (TPSA) is 57.7 Å². The van der Waals surface area contributed by atoms with E-state index in [1.807, 2.05) is 35.2 Å². The minimum Gasteiger partial charge on any atom is -0.312 e. The first-order chi connectivity index (χ1) is 13.5. The van der Waals surface area contributed by atoms with Crippen molar-refractivity contribution < 1.29 is 13.2 Å². The highest BCUT2D eigenvalue weighted by atomic mass is 32.2. The number of hydrogen-bond donors (Lipinski definition) is 0. The standard InChI is InChI=1S/C22H28N2O3S/c1-2-3-17-24(20-12-6-4-7-13-20)22(25)19-11-10-16-23(18-19)28(26,27)21-14-8-5-9-15-21/h4-9,12-15,19H,2-3,10-11,16-18H2,1H3. The number of unbranched alkanes of at least 4 members (excludes halogenated alkanes) is 1. The van der Waals surface area contributed by atoms with E-state index in [1.165, 1.54) is 4.31 Å². The molecule has 0 spiro atoms. The zero-order chi connectivity index (χ0) is 20.0. The highest BCUT2D eigenvalue weighted by Crippen LogP contribution is 2.27. The Morgan fingerprint density at radius 1 is 1.07 bits per heavy atom. The van der Waals surface area contributed by atoms with Gasteiger partial charge in [0, 0.05) is 25.3 Å². The second kappa shape index (κ2) is 9.34. The van der Waals surface area contributed by atoms with E-state index in [0.29, 0.717) is 19.5 Å². The molecular weight excluding hydrogens is 372 g/mol. The van der Waals surface area contributed by atoms with Gasteiger partial charge in [-0.2, -0.15) is 4.31 Å². The van der Waals surface area contributed by atoms with E-state index in [2.05, 4.69) is 6.92 Å². The Kier molecular flexibility index (Phi) is 6.86. The van der Waals surface area contributed by atoms with Crippen molar-refractivity contribution in [3.05, 3.63) is 60.7 Å². The van der Waals surface area contributed by atoms with Crippen LogP contribution in [0.4, 0.5) is 5.69 Å². The number of anilines is 1. The molecule has 1 heterocycles. The summed E-state index contributed by atoms with van der Waals surface area (Å²) < 4.78 is 27.4. The number of nitrogens with zero attached hydrogens (tertiary/aromatic N) is 2. The van der Waals surface area contributed by atoms with Crippen LogP contribution in [0.3, 0.4) is 0 Å². The van der Waals surface area contributed by atoms with Gasteiger partial charge in [0.25, 0.3) is 0 Å². The van der Waals surface area contributed by atoms with Crippen LogP contribution in [-0.2, 0) is 14.8 Å². The number of amides is 1. The third kappa shape index (κ3) is 4.62. The molecule has 1 unspecified atom stereocenters. The number of rotatable bonds is 7. The number of carbonyl (C=O) groups excluding carboxylic acids is 1. The summed E-state index contributed by atoms with van der Waals surface area (Å²) in [6.07, 6.45) is 3.32. The Labute approximate surface area is 168 Å². The summed E-state index contributed by atoms with van der Waals surface area (Å²) in [6, 6.07) is 18.1. The molecule has 1 fully saturated rings. The SMILES string of the molecule is CCCCN(C(=O)C1CCCN(S(=O)(=O)c2ccccc2)C1)c1ccccc1. The normalized spacial score (nSPS) is 18.0. The highest BCUT2D eigenvalue weighted by molar-refractivity contribution is 7.89. The molecule has 28 heavy (non-hydrogen) atoms. The Morgan fingerprint density at radius 3 is 2.36 bits per heavy atom. The molecule has 0 saturated carbocycles. The van der Waals surface area contributed by atoms with Crippen molar-refractivity contribution >= 4 is 21.6 Å². The predicted octanol–water partition coefficient (Wildman–Crippen LogP) is 3.92. The minimum absolute atomic E-state index is 0.0209. The van der Waals surface area contributed by atoms with Crippen LogP contribution >= 0.6 is 0 Å². The predicted molar refractivity (Wildman–Crippen MR) is 112 cm³/mol. The molecule has 6 heteroatoms. The lowest BCUT2D eigenvalue weighted by molar-refractivity contribution is -0.123. The van der Waals surface area contributed by atoms with E-state index in [1.54, 1.807) is 30.3 Å². The molecule has 2 aromatic rings.